The van der Waals surface area contributed by atoms with Crippen LogP contribution in [-0.2, 0) is 4.74 Å². The van der Waals surface area contributed by atoms with Crippen molar-refractivity contribution >= 4 is 0 Å². The summed E-state index contributed by atoms with van der Waals surface area (Å²) in [5.41, 5.74) is 0.157. The minimum Gasteiger partial charge on any atom is -0.372 e. The molecule has 3 aliphatic heterocycles. The topological polar surface area (TPSA) is 33.3 Å². The van der Waals surface area contributed by atoms with Crippen molar-refractivity contribution in [1.82, 2.24) is 10.6 Å². The average molecular weight is 210 g/mol. The smallest absolute Gasteiger partial charge is 0.0864 e. The highest BCUT2D eigenvalue weighted by Gasteiger charge is 2.49. The maximum absolute atomic E-state index is 6.19. The zero-order chi connectivity index (χ0) is 10.3. The van der Waals surface area contributed by atoms with E-state index < -0.39 is 0 Å². The summed E-state index contributed by atoms with van der Waals surface area (Å²) in [6.45, 7) is 4.21. The Balaban J connectivity index is 1.81. The van der Waals surface area contributed by atoms with E-state index in [0.717, 1.165) is 25.2 Å². The van der Waals surface area contributed by atoms with Gasteiger partial charge in [-0.2, -0.15) is 0 Å². The zero-order valence-electron chi connectivity index (χ0n) is 9.59. The number of ether oxygens (including phenoxy) is 1. The van der Waals surface area contributed by atoms with Crippen LogP contribution >= 0.6 is 0 Å². The molecule has 3 heteroatoms. The van der Waals surface area contributed by atoms with Crippen LogP contribution in [0.2, 0.25) is 0 Å². The molecule has 3 unspecified atom stereocenters. The van der Waals surface area contributed by atoms with Gasteiger partial charge in [0.15, 0.2) is 0 Å². The maximum atomic E-state index is 6.19. The Bertz CT molecular complexity index is 232. The van der Waals surface area contributed by atoms with Crippen molar-refractivity contribution < 1.29 is 4.74 Å². The highest BCUT2D eigenvalue weighted by molar-refractivity contribution is 5.07. The molecule has 86 valence electrons. The lowest BCUT2D eigenvalue weighted by Gasteiger charge is -2.49. The van der Waals surface area contributed by atoms with Crippen molar-refractivity contribution in [3.05, 3.63) is 0 Å². The first-order chi connectivity index (χ1) is 7.32. The van der Waals surface area contributed by atoms with Crippen molar-refractivity contribution in [3.8, 4) is 0 Å². The van der Waals surface area contributed by atoms with Gasteiger partial charge in [-0.25, -0.2) is 0 Å². The number of piperidine rings is 1. The first-order valence-corrected chi connectivity index (χ1v) is 6.46. The van der Waals surface area contributed by atoms with Crippen LogP contribution in [0.25, 0.3) is 0 Å². The Labute approximate surface area is 91.9 Å². The molecule has 2 N–H and O–H groups in total. The predicted octanol–water partition coefficient (Wildman–Crippen LogP) is 1.04. The van der Waals surface area contributed by atoms with E-state index in [-0.39, 0.29) is 5.60 Å². The van der Waals surface area contributed by atoms with Gasteiger partial charge in [0, 0.05) is 24.7 Å². The molecule has 3 heterocycles. The number of hydrogen-bond acceptors (Lipinski definition) is 3. The third-order valence-corrected chi connectivity index (χ3v) is 4.44. The van der Waals surface area contributed by atoms with E-state index in [9.17, 15) is 0 Å². The minimum atomic E-state index is 0.157. The van der Waals surface area contributed by atoms with Gasteiger partial charge >= 0.3 is 0 Å². The number of rotatable bonds is 1. The third kappa shape index (κ3) is 1.61. The monoisotopic (exact) mass is 210 g/mol. The summed E-state index contributed by atoms with van der Waals surface area (Å²) in [6.07, 6.45) is 6.34. The Kier molecular flexibility index (Phi) is 2.49. The summed E-state index contributed by atoms with van der Waals surface area (Å²) in [5, 5.41) is 7.34. The molecular weight excluding hydrogens is 188 g/mol. The molecule has 3 rings (SSSR count). The van der Waals surface area contributed by atoms with Crippen LogP contribution in [0.4, 0.5) is 0 Å². The van der Waals surface area contributed by atoms with Crippen LogP contribution in [0.5, 0.6) is 0 Å². The van der Waals surface area contributed by atoms with Crippen LogP contribution in [0.3, 0.4) is 0 Å². The summed E-state index contributed by atoms with van der Waals surface area (Å²) in [6, 6.07) is 2.02. The molecule has 0 aliphatic carbocycles. The van der Waals surface area contributed by atoms with Gasteiger partial charge in [-0.05, 0) is 32.1 Å². The third-order valence-electron chi connectivity index (χ3n) is 4.44. The number of morpholine rings is 1. The van der Waals surface area contributed by atoms with Crippen molar-refractivity contribution in [2.45, 2.75) is 62.8 Å². The molecule has 0 aromatic carbocycles. The average Bonchev–Trinajstić information content (AvgIpc) is 2.59. The van der Waals surface area contributed by atoms with Crippen molar-refractivity contribution in [2.75, 3.05) is 13.2 Å². The van der Waals surface area contributed by atoms with Crippen LogP contribution in [-0.4, -0.2) is 36.9 Å². The lowest BCUT2D eigenvalue weighted by molar-refractivity contribution is -0.123. The van der Waals surface area contributed by atoms with Crippen molar-refractivity contribution in [1.29, 1.82) is 0 Å². The number of hydrogen-bond donors (Lipinski definition) is 2. The first kappa shape index (κ1) is 10.1. The van der Waals surface area contributed by atoms with E-state index in [1.807, 2.05) is 0 Å². The molecule has 15 heavy (non-hydrogen) atoms. The fourth-order valence-corrected chi connectivity index (χ4v) is 3.83. The summed E-state index contributed by atoms with van der Waals surface area (Å²) < 4.78 is 6.19. The lowest BCUT2D eigenvalue weighted by Crippen LogP contribution is -2.63. The second-order valence-electron chi connectivity index (χ2n) is 5.37. The zero-order valence-corrected chi connectivity index (χ0v) is 9.59. The second kappa shape index (κ2) is 3.72. The summed E-state index contributed by atoms with van der Waals surface area (Å²) >= 11 is 0. The van der Waals surface area contributed by atoms with E-state index in [2.05, 4.69) is 17.6 Å². The van der Waals surface area contributed by atoms with Gasteiger partial charge in [0.2, 0.25) is 0 Å². The van der Waals surface area contributed by atoms with Gasteiger partial charge in [0.05, 0.1) is 12.2 Å². The highest BCUT2D eigenvalue weighted by atomic mass is 16.5. The number of fused-ring (bicyclic) bond motifs is 2. The van der Waals surface area contributed by atoms with Crippen molar-refractivity contribution in [3.63, 3.8) is 0 Å². The first-order valence-electron chi connectivity index (χ1n) is 6.46. The summed E-state index contributed by atoms with van der Waals surface area (Å²) in [7, 11) is 0. The Morgan fingerprint density at radius 2 is 2.00 bits per heavy atom. The van der Waals surface area contributed by atoms with E-state index >= 15 is 0 Å². The largest absolute Gasteiger partial charge is 0.372 e. The van der Waals surface area contributed by atoms with E-state index in [1.165, 1.54) is 32.1 Å². The van der Waals surface area contributed by atoms with E-state index in [0.29, 0.717) is 6.04 Å². The van der Waals surface area contributed by atoms with Crippen LogP contribution in [0, 0.1) is 0 Å². The Hall–Kier alpha value is -0.120. The fraction of sp³-hybridized carbons (Fsp3) is 1.00. The van der Waals surface area contributed by atoms with Crippen molar-refractivity contribution in [2.24, 2.45) is 0 Å². The van der Waals surface area contributed by atoms with Gasteiger partial charge < -0.3 is 15.4 Å². The maximum Gasteiger partial charge on any atom is 0.0864 e. The molecule has 0 saturated carbocycles. The lowest BCUT2D eigenvalue weighted by atomic mass is 9.79. The summed E-state index contributed by atoms with van der Waals surface area (Å²) in [5.74, 6) is 0. The van der Waals surface area contributed by atoms with Gasteiger partial charge in [0.1, 0.15) is 0 Å². The fourth-order valence-electron chi connectivity index (χ4n) is 3.83. The molecule has 3 atom stereocenters. The van der Waals surface area contributed by atoms with Crippen LogP contribution < -0.4 is 10.6 Å². The minimum absolute atomic E-state index is 0.157. The van der Waals surface area contributed by atoms with Crippen LogP contribution in [0.1, 0.15) is 39.0 Å². The highest BCUT2D eigenvalue weighted by Crippen LogP contribution is 2.40. The second-order valence-corrected chi connectivity index (χ2v) is 5.37. The van der Waals surface area contributed by atoms with Gasteiger partial charge in [0.25, 0.3) is 0 Å². The Morgan fingerprint density at radius 1 is 1.27 bits per heavy atom. The standard InChI is InChI=1S/C12H22N2O/c1-2-11-12(15-6-5-13-11)7-9-3-4-10(8-12)14-9/h9-11,13-14H,2-8H2,1H3. The van der Waals surface area contributed by atoms with Crippen LogP contribution in [0.15, 0.2) is 0 Å². The molecule has 0 amide bonds. The molecule has 3 aliphatic rings. The molecule has 1 spiro atoms. The van der Waals surface area contributed by atoms with Gasteiger partial charge in [-0.3, -0.25) is 0 Å². The van der Waals surface area contributed by atoms with Gasteiger partial charge in [-0.15, -0.1) is 0 Å². The molecular formula is C12H22N2O. The quantitative estimate of drug-likeness (QED) is 0.678. The molecule has 3 fully saturated rings. The predicted molar refractivity (Wildman–Crippen MR) is 59.9 cm³/mol. The SMILES string of the molecule is CCC1NCCOC12CC1CCC(C2)N1. The molecule has 3 nitrogen and oxygen atoms in total. The van der Waals surface area contributed by atoms with Gasteiger partial charge in [-0.1, -0.05) is 6.92 Å². The molecule has 2 bridgehead atoms. The molecule has 3 saturated heterocycles. The molecule has 0 aromatic heterocycles. The van der Waals surface area contributed by atoms with E-state index in [4.69, 9.17) is 4.74 Å². The van der Waals surface area contributed by atoms with E-state index in [1.54, 1.807) is 0 Å². The number of nitrogens with one attached hydrogen (secondary N) is 2. The normalized spacial score (nSPS) is 49.8. The molecule has 0 aromatic rings. The summed E-state index contributed by atoms with van der Waals surface area (Å²) in [4.78, 5) is 0. The molecule has 0 radical (unpaired) electrons. The Morgan fingerprint density at radius 3 is 2.67 bits per heavy atom.